The Morgan fingerprint density at radius 2 is 1.95 bits per heavy atom. The van der Waals surface area contributed by atoms with Crippen molar-refractivity contribution in [3.63, 3.8) is 0 Å². The van der Waals surface area contributed by atoms with Gasteiger partial charge in [-0.05, 0) is 37.3 Å². The second-order valence-corrected chi connectivity index (χ2v) is 4.82. The number of esters is 2. The molecule has 0 radical (unpaired) electrons. The van der Waals surface area contributed by atoms with Crippen LogP contribution in [0.1, 0.15) is 23.1 Å². The SMILES string of the molecule is CCOC(=O)c1cc(CC(=O)OC)n(-c2ccc(Cl)cc2)n1. The molecule has 116 valence electrons. The van der Waals surface area contributed by atoms with Gasteiger partial charge in [0, 0.05) is 5.02 Å². The maximum Gasteiger partial charge on any atom is 0.358 e. The molecule has 0 saturated carbocycles. The van der Waals surface area contributed by atoms with Crippen molar-refractivity contribution in [2.45, 2.75) is 13.3 Å². The lowest BCUT2D eigenvalue weighted by Gasteiger charge is -2.06. The van der Waals surface area contributed by atoms with Crippen molar-refractivity contribution < 1.29 is 19.1 Å². The molecular weight excluding hydrogens is 308 g/mol. The molecule has 2 aromatic rings. The zero-order chi connectivity index (χ0) is 16.1. The van der Waals surface area contributed by atoms with Crippen molar-refractivity contribution >= 4 is 23.5 Å². The number of hydrogen-bond acceptors (Lipinski definition) is 5. The average molecular weight is 323 g/mol. The van der Waals surface area contributed by atoms with Crippen LogP contribution in [0.15, 0.2) is 30.3 Å². The van der Waals surface area contributed by atoms with E-state index in [-0.39, 0.29) is 18.7 Å². The highest BCUT2D eigenvalue weighted by Crippen LogP contribution is 2.17. The topological polar surface area (TPSA) is 70.4 Å². The molecular formula is C15H15ClN2O4. The molecule has 0 aliphatic heterocycles. The van der Waals surface area contributed by atoms with Gasteiger partial charge in [0.05, 0.1) is 31.5 Å². The highest BCUT2D eigenvalue weighted by molar-refractivity contribution is 6.30. The second kappa shape index (κ2) is 7.09. The second-order valence-electron chi connectivity index (χ2n) is 4.38. The average Bonchev–Trinajstić information content (AvgIpc) is 2.92. The summed E-state index contributed by atoms with van der Waals surface area (Å²) in [5, 5.41) is 4.79. The van der Waals surface area contributed by atoms with Crippen molar-refractivity contribution in [2.75, 3.05) is 13.7 Å². The van der Waals surface area contributed by atoms with Gasteiger partial charge in [-0.1, -0.05) is 11.6 Å². The van der Waals surface area contributed by atoms with Gasteiger partial charge in [0.25, 0.3) is 0 Å². The van der Waals surface area contributed by atoms with Crippen LogP contribution in [-0.4, -0.2) is 35.4 Å². The molecule has 0 saturated heterocycles. The molecule has 6 nitrogen and oxygen atoms in total. The Morgan fingerprint density at radius 1 is 1.27 bits per heavy atom. The van der Waals surface area contributed by atoms with E-state index in [0.29, 0.717) is 16.4 Å². The van der Waals surface area contributed by atoms with E-state index in [9.17, 15) is 9.59 Å². The summed E-state index contributed by atoms with van der Waals surface area (Å²) in [7, 11) is 1.30. The molecule has 0 atom stereocenters. The van der Waals surface area contributed by atoms with Crippen molar-refractivity contribution in [1.82, 2.24) is 9.78 Å². The van der Waals surface area contributed by atoms with E-state index in [2.05, 4.69) is 9.84 Å². The van der Waals surface area contributed by atoms with Crippen LogP contribution in [0.4, 0.5) is 0 Å². The molecule has 0 aliphatic carbocycles. The first-order valence-corrected chi connectivity index (χ1v) is 7.01. The first kappa shape index (κ1) is 16.0. The number of nitrogens with zero attached hydrogens (tertiary/aromatic N) is 2. The van der Waals surface area contributed by atoms with Crippen LogP contribution < -0.4 is 0 Å². The van der Waals surface area contributed by atoms with E-state index >= 15 is 0 Å². The Hall–Kier alpha value is -2.34. The van der Waals surface area contributed by atoms with Crippen LogP contribution in [0, 0.1) is 0 Å². The third-order valence-corrected chi connectivity index (χ3v) is 3.14. The van der Waals surface area contributed by atoms with Crippen LogP contribution in [0.5, 0.6) is 0 Å². The standard InChI is InChI=1S/C15H15ClN2O4/c1-3-22-15(20)13-8-12(9-14(19)21-2)18(17-13)11-6-4-10(16)5-7-11/h4-8H,3,9H2,1-2H3. The van der Waals surface area contributed by atoms with Gasteiger partial charge in [-0.3, -0.25) is 4.79 Å². The maximum atomic E-state index is 11.8. The number of rotatable bonds is 5. The van der Waals surface area contributed by atoms with Gasteiger partial charge in [-0.15, -0.1) is 0 Å². The molecule has 1 heterocycles. The van der Waals surface area contributed by atoms with Crippen LogP contribution in [0.2, 0.25) is 5.02 Å². The molecule has 0 spiro atoms. The first-order chi connectivity index (χ1) is 10.5. The smallest absolute Gasteiger partial charge is 0.358 e. The van der Waals surface area contributed by atoms with Crippen molar-refractivity contribution in [2.24, 2.45) is 0 Å². The number of aromatic nitrogens is 2. The Kier molecular flexibility index (Phi) is 5.16. The Balaban J connectivity index is 2.42. The Bertz CT molecular complexity index is 679. The predicted molar refractivity (Wildman–Crippen MR) is 80.3 cm³/mol. The lowest BCUT2D eigenvalue weighted by molar-refractivity contribution is -0.139. The maximum absolute atomic E-state index is 11.8. The van der Waals surface area contributed by atoms with E-state index < -0.39 is 11.9 Å². The van der Waals surface area contributed by atoms with Crippen LogP contribution in [0.3, 0.4) is 0 Å². The van der Waals surface area contributed by atoms with Gasteiger partial charge >= 0.3 is 11.9 Å². The fraction of sp³-hybridized carbons (Fsp3) is 0.267. The summed E-state index contributed by atoms with van der Waals surface area (Å²) < 4.78 is 11.1. The molecule has 0 fully saturated rings. The highest BCUT2D eigenvalue weighted by Gasteiger charge is 2.18. The molecule has 0 unspecified atom stereocenters. The third-order valence-electron chi connectivity index (χ3n) is 2.89. The number of ether oxygens (including phenoxy) is 2. The zero-order valence-electron chi connectivity index (χ0n) is 12.2. The molecule has 0 N–H and O–H groups in total. The Morgan fingerprint density at radius 3 is 2.55 bits per heavy atom. The van der Waals surface area contributed by atoms with Crippen LogP contribution in [-0.2, 0) is 20.7 Å². The van der Waals surface area contributed by atoms with Gasteiger partial charge in [-0.2, -0.15) is 5.10 Å². The molecule has 1 aromatic heterocycles. The zero-order valence-corrected chi connectivity index (χ0v) is 13.0. The normalized spacial score (nSPS) is 10.3. The number of carbonyl (C=O) groups excluding carboxylic acids is 2. The molecule has 22 heavy (non-hydrogen) atoms. The molecule has 0 bridgehead atoms. The van der Waals surface area contributed by atoms with E-state index in [1.165, 1.54) is 17.9 Å². The molecule has 7 heteroatoms. The van der Waals surface area contributed by atoms with Crippen LogP contribution in [0.25, 0.3) is 5.69 Å². The fourth-order valence-corrected chi connectivity index (χ4v) is 2.00. The minimum atomic E-state index is -0.540. The third kappa shape index (κ3) is 3.65. The minimum Gasteiger partial charge on any atom is -0.469 e. The van der Waals surface area contributed by atoms with Gasteiger partial charge in [0.15, 0.2) is 5.69 Å². The number of methoxy groups -OCH3 is 1. The molecule has 2 rings (SSSR count). The minimum absolute atomic E-state index is 0.00840. The lowest BCUT2D eigenvalue weighted by Crippen LogP contribution is -2.10. The van der Waals surface area contributed by atoms with E-state index in [4.69, 9.17) is 16.3 Å². The van der Waals surface area contributed by atoms with E-state index in [1.807, 2.05) is 0 Å². The van der Waals surface area contributed by atoms with Crippen molar-refractivity contribution in [3.8, 4) is 5.69 Å². The summed E-state index contributed by atoms with van der Waals surface area (Å²) in [5.74, 6) is -0.966. The predicted octanol–water partition coefficient (Wildman–Crippen LogP) is 2.42. The van der Waals surface area contributed by atoms with E-state index in [0.717, 1.165) is 0 Å². The monoisotopic (exact) mass is 322 g/mol. The van der Waals surface area contributed by atoms with Crippen LogP contribution >= 0.6 is 11.6 Å². The molecule has 0 amide bonds. The summed E-state index contributed by atoms with van der Waals surface area (Å²) in [6.45, 7) is 1.96. The summed E-state index contributed by atoms with van der Waals surface area (Å²) in [6, 6.07) is 8.40. The quantitative estimate of drug-likeness (QED) is 0.791. The lowest BCUT2D eigenvalue weighted by atomic mass is 10.2. The van der Waals surface area contributed by atoms with E-state index in [1.54, 1.807) is 31.2 Å². The summed E-state index contributed by atoms with van der Waals surface area (Å²) in [6.07, 6.45) is -0.00840. The number of carbonyl (C=O) groups is 2. The number of halogens is 1. The van der Waals surface area contributed by atoms with Crippen molar-refractivity contribution in [1.29, 1.82) is 0 Å². The number of benzene rings is 1. The fourth-order valence-electron chi connectivity index (χ4n) is 1.88. The van der Waals surface area contributed by atoms with Crippen molar-refractivity contribution in [3.05, 3.63) is 46.7 Å². The summed E-state index contributed by atoms with van der Waals surface area (Å²) in [4.78, 5) is 23.3. The van der Waals surface area contributed by atoms with Gasteiger partial charge in [0.2, 0.25) is 0 Å². The summed E-state index contributed by atoms with van der Waals surface area (Å²) in [5.41, 5.74) is 1.34. The van der Waals surface area contributed by atoms with Gasteiger partial charge in [-0.25, -0.2) is 9.48 Å². The summed E-state index contributed by atoms with van der Waals surface area (Å²) >= 11 is 5.86. The van der Waals surface area contributed by atoms with Gasteiger partial charge in [0.1, 0.15) is 0 Å². The number of hydrogen-bond donors (Lipinski definition) is 0. The molecule has 0 aliphatic rings. The highest BCUT2D eigenvalue weighted by atomic mass is 35.5. The Labute approximate surface area is 132 Å². The first-order valence-electron chi connectivity index (χ1n) is 6.64. The molecule has 1 aromatic carbocycles. The largest absolute Gasteiger partial charge is 0.469 e. The van der Waals surface area contributed by atoms with Gasteiger partial charge < -0.3 is 9.47 Å².